The van der Waals surface area contributed by atoms with Gasteiger partial charge in [0.25, 0.3) is 5.91 Å². The van der Waals surface area contributed by atoms with E-state index in [2.05, 4.69) is 47.1 Å². The number of benzene rings is 1. The van der Waals surface area contributed by atoms with Gasteiger partial charge in [0.05, 0.1) is 5.57 Å². The van der Waals surface area contributed by atoms with E-state index in [4.69, 9.17) is 0 Å². The van der Waals surface area contributed by atoms with Crippen LogP contribution in [-0.4, -0.2) is 31.1 Å². The first-order valence-corrected chi connectivity index (χ1v) is 8.66. The highest BCUT2D eigenvalue weighted by atomic mass is 79.9. The van der Waals surface area contributed by atoms with E-state index < -0.39 is 6.04 Å². The number of amides is 1. The Kier molecular flexibility index (Phi) is 4.21. The molecule has 1 aliphatic rings. The number of hydrogen-bond acceptors (Lipinski definition) is 6. The van der Waals surface area contributed by atoms with Crippen LogP contribution in [0.3, 0.4) is 0 Å². The number of rotatable bonds is 3. The predicted octanol–water partition coefficient (Wildman–Crippen LogP) is 2.76. The van der Waals surface area contributed by atoms with Crippen LogP contribution in [0.2, 0.25) is 0 Å². The Morgan fingerprint density at radius 2 is 2.15 bits per heavy atom. The van der Waals surface area contributed by atoms with E-state index in [-0.39, 0.29) is 5.91 Å². The van der Waals surface area contributed by atoms with Gasteiger partial charge >= 0.3 is 0 Å². The highest BCUT2D eigenvalue weighted by molar-refractivity contribution is 9.10. The van der Waals surface area contributed by atoms with E-state index in [9.17, 15) is 4.79 Å². The number of allylic oxidation sites excluding steroid dienone is 1. The number of anilines is 2. The Bertz CT molecular complexity index is 999. The first kappa shape index (κ1) is 16.4. The van der Waals surface area contributed by atoms with Crippen molar-refractivity contribution in [2.75, 3.05) is 10.6 Å². The van der Waals surface area contributed by atoms with Gasteiger partial charge in [-0.2, -0.15) is 4.68 Å². The first-order valence-electron chi connectivity index (χ1n) is 7.87. The van der Waals surface area contributed by atoms with Crippen LogP contribution in [0.4, 0.5) is 11.8 Å². The molecule has 0 aliphatic carbocycles. The van der Waals surface area contributed by atoms with Crippen molar-refractivity contribution >= 4 is 33.6 Å². The van der Waals surface area contributed by atoms with Crippen molar-refractivity contribution in [2.45, 2.75) is 13.0 Å². The number of aromatic nitrogens is 5. The number of tetrazole rings is 1. The first-order chi connectivity index (χ1) is 12.6. The zero-order valence-corrected chi connectivity index (χ0v) is 15.3. The van der Waals surface area contributed by atoms with E-state index in [1.807, 2.05) is 37.3 Å². The average molecular weight is 412 g/mol. The van der Waals surface area contributed by atoms with E-state index in [0.717, 1.165) is 10.0 Å². The minimum absolute atomic E-state index is 0.264. The summed E-state index contributed by atoms with van der Waals surface area (Å²) in [5.74, 6) is 0.704. The van der Waals surface area contributed by atoms with Gasteiger partial charge in [-0.25, -0.2) is 4.98 Å². The Morgan fingerprint density at radius 1 is 1.27 bits per heavy atom. The molecule has 3 heterocycles. The highest BCUT2D eigenvalue weighted by Gasteiger charge is 2.34. The van der Waals surface area contributed by atoms with Crippen molar-refractivity contribution in [3.63, 3.8) is 0 Å². The van der Waals surface area contributed by atoms with Gasteiger partial charge in [-0.15, -0.1) is 0 Å². The molecule has 0 spiro atoms. The number of nitrogens with zero attached hydrogens (tertiary/aromatic N) is 5. The fourth-order valence-electron chi connectivity index (χ4n) is 2.91. The molecular weight excluding hydrogens is 398 g/mol. The maximum Gasteiger partial charge on any atom is 0.257 e. The summed E-state index contributed by atoms with van der Waals surface area (Å²) in [7, 11) is 0. The topological polar surface area (TPSA) is 97.6 Å². The van der Waals surface area contributed by atoms with E-state index >= 15 is 0 Å². The molecule has 0 radical (unpaired) electrons. The number of pyridine rings is 1. The highest BCUT2D eigenvalue weighted by Crippen LogP contribution is 2.35. The van der Waals surface area contributed by atoms with Gasteiger partial charge in [0.2, 0.25) is 5.95 Å². The van der Waals surface area contributed by atoms with Crippen LogP contribution in [0, 0.1) is 0 Å². The Morgan fingerprint density at radius 3 is 2.92 bits per heavy atom. The Balaban J connectivity index is 1.78. The van der Waals surface area contributed by atoms with Gasteiger partial charge in [-0.05, 0) is 47.2 Å². The number of hydrogen-bond donors (Lipinski definition) is 2. The smallest absolute Gasteiger partial charge is 0.257 e. The molecule has 0 fully saturated rings. The van der Waals surface area contributed by atoms with E-state index in [1.165, 1.54) is 0 Å². The minimum Gasteiger partial charge on any atom is -0.326 e. The number of carbonyl (C=O) groups excluding carboxylic acids is 1. The predicted molar refractivity (Wildman–Crippen MR) is 99.3 cm³/mol. The number of nitrogens with one attached hydrogen (secondary N) is 2. The van der Waals surface area contributed by atoms with Crippen LogP contribution >= 0.6 is 15.9 Å². The monoisotopic (exact) mass is 411 g/mol. The third-order valence-corrected chi connectivity index (χ3v) is 4.52. The van der Waals surface area contributed by atoms with Gasteiger partial charge < -0.3 is 10.6 Å². The van der Waals surface area contributed by atoms with Crippen LogP contribution in [0.25, 0.3) is 0 Å². The molecule has 2 aromatic heterocycles. The van der Waals surface area contributed by atoms with Crippen molar-refractivity contribution in [2.24, 2.45) is 0 Å². The second kappa shape index (κ2) is 6.68. The lowest BCUT2D eigenvalue weighted by Gasteiger charge is -2.28. The number of carbonyl (C=O) groups is 1. The lowest BCUT2D eigenvalue weighted by Crippen LogP contribution is -2.31. The quantitative estimate of drug-likeness (QED) is 0.687. The molecule has 1 amide bonds. The molecule has 1 atom stereocenters. The lowest BCUT2D eigenvalue weighted by molar-refractivity contribution is -0.113. The summed E-state index contributed by atoms with van der Waals surface area (Å²) < 4.78 is 2.51. The van der Waals surface area contributed by atoms with Gasteiger partial charge in [0, 0.05) is 16.4 Å². The Hall–Kier alpha value is -3.07. The van der Waals surface area contributed by atoms with Gasteiger partial charge in [-0.3, -0.25) is 4.79 Å². The molecule has 0 saturated carbocycles. The fourth-order valence-corrected chi connectivity index (χ4v) is 3.33. The molecular formula is C17H14BrN7O. The Labute approximate surface area is 157 Å². The second-order valence-corrected chi connectivity index (χ2v) is 6.65. The fraction of sp³-hybridized carbons (Fsp3) is 0.118. The molecule has 2 N–H and O–H groups in total. The van der Waals surface area contributed by atoms with Crippen LogP contribution in [0.5, 0.6) is 0 Å². The molecule has 0 bridgehead atoms. The van der Waals surface area contributed by atoms with Crippen molar-refractivity contribution in [1.29, 1.82) is 0 Å². The van der Waals surface area contributed by atoms with Gasteiger partial charge in [0.1, 0.15) is 11.9 Å². The third kappa shape index (κ3) is 2.97. The molecule has 1 unspecified atom stereocenters. The molecule has 3 aromatic rings. The maximum absolute atomic E-state index is 13.0. The largest absolute Gasteiger partial charge is 0.326 e. The second-order valence-electron chi connectivity index (χ2n) is 5.74. The number of fused-ring (bicyclic) bond motifs is 1. The summed E-state index contributed by atoms with van der Waals surface area (Å²) in [4.78, 5) is 17.2. The van der Waals surface area contributed by atoms with E-state index in [0.29, 0.717) is 23.0 Å². The minimum atomic E-state index is -0.456. The normalized spacial score (nSPS) is 16.0. The number of halogens is 1. The van der Waals surface area contributed by atoms with Crippen molar-refractivity contribution in [1.82, 2.24) is 25.2 Å². The van der Waals surface area contributed by atoms with Crippen LogP contribution in [0.15, 0.2) is 64.4 Å². The zero-order valence-electron chi connectivity index (χ0n) is 13.7. The molecule has 4 rings (SSSR count). The molecule has 0 saturated heterocycles. The molecule has 1 aliphatic heterocycles. The molecule has 9 heteroatoms. The summed E-state index contributed by atoms with van der Waals surface area (Å²) in [5, 5.41) is 17.7. The maximum atomic E-state index is 13.0. The van der Waals surface area contributed by atoms with Crippen molar-refractivity contribution in [3.05, 3.63) is 70.0 Å². The summed E-state index contributed by atoms with van der Waals surface area (Å²) in [6.45, 7) is 1.83. The van der Waals surface area contributed by atoms with Crippen molar-refractivity contribution < 1.29 is 4.79 Å². The SMILES string of the molecule is CC1=C(C(=O)Nc2ccccn2)C(c2cccc(Br)c2)n2nnnc2N1. The van der Waals surface area contributed by atoms with Gasteiger partial charge in [-0.1, -0.05) is 39.2 Å². The van der Waals surface area contributed by atoms with Crippen LogP contribution in [0.1, 0.15) is 18.5 Å². The zero-order chi connectivity index (χ0) is 18.1. The average Bonchev–Trinajstić information content (AvgIpc) is 3.09. The molecule has 130 valence electrons. The summed E-state index contributed by atoms with van der Waals surface area (Å²) in [6.07, 6.45) is 1.63. The molecule has 1 aromatic carbocycles. The van der Waals surface area contributed by atoms with Crippen molar-refractivity contribution in [3.8, 4) is 0 Å². The standard InChI is InChI=1S/C17H14BrN7O/c1-10-14(16(26)21-13-7-2-3-8-19-13)15(11-5-4-6-12(18)9-11)25-17(20-10)22-23-24-25/h2-9,15H,1H3,(H,19,21,26)(H,20,22,24). The summed E-state index contributed by atoms with van der Waals surface area (Å²) in [6, 6.07) is 12.6. The molecule has 26 heavy (non-hydrogen) atoms. The summed E-state index contributed by atoms with van der Waals surface area (Å²) >= 11 is 3.48. The van der Waals surface area contributed by atoms with Crippen LogP contribution in [-0.2, 0) is 4.79 Å². The lowest BCUT2D eigenvalue weighted by atomic mass is 9.95. The van der Waals surface area contributed by atoms with Crippen LogP contribution < -0.4 is 10.6 Å². The molecule has 8 nitrogen and oxygen atoms in total. The third-order valence-electron chi connectivity index (χ3n) is 4.03. The van der Waals surface area contributed by atoms with E-state index in [1.54, 1.807) is 23.0 Å². The summed E-state index contributed by atoms with van der Waals surface area (Å²) in [5.41, 5.74) is 2.10. The van der Waals surface area contributed by atoms with Gasteiger partial charge in [0.15, 0.2) is 0 Å².